The molecule has 0 aliphatic carbocycles. The number of likely N-dealkylation sites (tertiary alicyclic amines) is 1. The highest BCUT2D eigenvalue weighted by Crippen LogP contribution is 2.22. The van der Waals surface area contributed by atoms with E-state index in [9.17, 15) is 4.79 Å². The molecule has 1 amide bonds. The van der Waals surface area contributed by atoms with Gasteiger partial charge in [-0.1, -0.05) is 19.8 Å². The number of carbonyl (C=O) groups excluding carboxylic acids is 1. The summed E-state index contributed by atoms with van der Waals surface area (Å²) in [4.78, 5) is 13.7. The number of hydrogen-bond acceptors (Lipinski definition) is 2. The molecule has 0 aromatic rings. The summed E-state index contributed by atoms with van der Waals surface area (Å²) in [5.74, 6) is 1.97. The molecule has 1 aliphatic heterocycles. The molecule has 0 aromatic carbocycles. The van der Waals surface area contributed by atoms with Crippen molar-refractivity contribution in [2.75, 3.05) is 18.8 Å². The van der Waals surface area contributed by atoms with Crippen molar-refractivity contribution < 1.29 is 4.79 Å². The fraction of sp³-hybridized carbons (Fsp3) is 0.917. The van der Waals surface area contributed by atoms with Gasteiger partial charge in [-0.3, -0.25) is 4.79 Å². The van der Waals surface area contributed by atoms with Gasteiger partial charge in [-0.25, -0.2) is 0 Å². The largest absolute Gasteiger partial charge is 0.342 e. The van der Waals surface area contributed by atoms with Crippen molar-refractivity contribution in [1.29, 1.82) is 0 Å². The molecule has 2 nitrogen and oxygen atoms in total. The van der Waals surface area contributed by atoms with Crippen molar-refractivity contribution in [2.45, 2.75) is 45.4 Å². The van der Waals surface area contributed by atoms with Crippen LogP contribution in [-0.2, 0) is 4.79 Å². The average molecular weight is 229 g/mol. The topological polar surface area (TPSA) is 20.3 Å². The first-order chi connectivity index (χ1) is 7.27. The summed E-state index contributed by atoms with van der Waals surface area (Å²) in [7, 11) is 0. The number of carbonyl (C=O) groups is 1. The number of nitrogens with zero attached hydrogens (tertiary/aromatic N) is 1. The fourth-order valence-electron chi connectivity index (χ4n) is 2.26. The zero-order valence-corrected chi connectivity index (χ0v) is 10.6. The summed E-state index contributed by atoms with van der Waals surface area (Å²) in [6, 6.07) is 0. The SMILES string of the molecule is CCCC1CC(=O)N(CCCCCS)C1. The summed E-state index contributed by atoms with van der Waals surface area (Å²) in [5.41, 5.74) is 0. The van der Waals surface area contributed by atoms with Gasteiger partial charge >= 0.3 is 0 Å². The average Bonchev–Trinajstić information content (AvgIpc) is 2.55. The maximum Gasteiger partial charge on any atom is 0.222 e. The molecule has 0 radical (unpaired) electrons. The quantitative estimate of drug-likeness (QED) is 0.526. The molecule has 15 heavy (non-hydrogen) atoms. The standard InChI is InChI=1S/C12H23NOS/c1-2-6-11-9-12(14)13(10-11)7-4-3-5-8-15/h11,15H,2-10H2,1H3. The van der Waals surface area contributed by atoms with Crippen LogP contribution in [0.5, 0.6) is 0 Å². The van der Waals surface area contributed by atoms with E-state index < -0.39 is 0 Å². The lowest BCUT2D eigenvalue weighted by Gasteiger charge is -2.16. The molecule has 1 heterocycles. The van der Waals surface area contributed by atoms with Crippen LogP contribution in [-0.4, -0.2) is 29.6 Å². The van der Waals surface area contributed by atoms with Gasteiger partial charge in [0.1, 0.15) is 0 Å². The van der Waals surface area contributed by atoms with Crippen LogP contribution < -0.4 is 0 Å². The number of thiol groups is 1. The van der Waals surface area contributed by atoms with Crippen LogP contribution in [0, 0.1) is 5.92 Å². The van der Waals surface area contributed by atoms with Crippen molar-refractivity contribution >= 4 is 18.5 Å². The van der Waals surface area contributed by atoms with E-state index in [0.29, 0.717) is 11.8 Å². The second-order valence-electron chi connectivity index (χ2n) is 4.48. The first-order valence-corrected chi connectivity index (χ1v) is 6.79. The Hall–Kier alpha value is -0.180. The van der Waals surface area contributed by atoms with Crippen LogP contribution in [0.3, 0.4) is 0 Å². The summed E-state index contributed by atoms with van der Waals surface area (Å²) in [6.07, 6.45) is 6.71. The van der Waals surface area contributed by atoms with E-state index in [4.69, 9.17) is 0 Å². The van der Waals surface area contributed by atoms with Gasteiger partial charge in [-0.15, -0.1) is 0 Å². The van der Waals surface area contributed by atoms with E-state index in [2.05, 4.69) is 24.5 Å². The summed E-state index contributed by atoms with van der Waals surface area (Å²) in [6.45, 7) is 4.17. The fourth-order valence-corrected chi connectivity index (χ4v) is 2.49. The molecular formula is C12H23NOS. The van der Waals surface area contributed by atoms with Gasteiger partial charge in [0, 0.05) is 19.5 Å². The number of unbranched alkanes of at least 4 members (excludes halogenated alkanes) is 2. The molecule has 0 bridgehead atoms. The molecular weight excluding hydrogens is 206 g/mol. The number of rotatable bonds is 7. The summed E-state index contributed by atoms with van der Waals surface area (Å²) in [5, 5.41) is 0. The number of hydrogen-bond donors (Lipinski definition) is 1. The lowest BCUT2D eigenvalue weighted by molar-refractivity contribution is -0.127. The van der Waals surface area contributed by atoms with Crippen LogP contribution in [0.15, 0.2) is 0 Å². The highest BCUT2D eigenvalue weighted by molar-refractivity contribution is 7.80. The van der Waals surface area contributed by atoms with E-state index in [0.717, 1.165) is 31.7 Å². The third-order valence-corrected chi connectivity index (χ3v) is 3.39. The van der Waals surface area contributed by atoms with Crippen molar-refractivity contribution in [2.24, 2.45) is 5.92 Å². The highest BCUT2D eigenvalue weighted by atomic mass is 32.1. The van der Waals surface area contributed by atoms with Crippen LogP contribution in [0.2, 0.25) is 0 Å². The maximum absolute atomic E-state index is 11.6. The Morgan fingerprint density at radius 3 is 2.87 bits per heavy atom. The maximum atomic E-state index is 11.6. The molecule has 1 saturated heterocycles. The second-order valence-corrected chi connectivity index (χ2v) is 4.93. The highest BCUT2D eigenvalue weighted by Gasteiger charge is 2.27. The molecule has 0 saturated carbocycles. The lowest BCUT2D eigenvalue weighted by atomic mass is 10.0. The Bertz CT molecular complexity index is 196. The molecule has 1 fully saturated rings. The molecule has 1 atom stereocenters. The molecule has 3 heteroatoms. The Balaban J connectivity index is 2.16. The minimum absolute atomic E-state index is 0.374. The van der Waals surface area contributed by atoms with Gasteiger partial charge < -0.3 is 4.90 Å². The Labute approximate surface area is 98.8 Å². The van der Waals surface area contributed by atoms with E-state index in [1.165, 1.54) is 25.7 Å². The van der Waals surface area contributed by atoms with Gasteiger partial charge in [-0.05, 0) is 30.9 Å². The van der Waals surface area contributed by atoms with Gasteiger partial charge in [0.2, 0.25) is 5.91 Å². The second kappa shape index (κ2) is 7.15. The van der Waals surface area contributed by atoms with Gasteiger partial charge in [0.25, 0.3) is 0 Å². The molecule has 1 unspecified atom stereocenters. The molecule has 1 aliphatic rings. The van der Waals surface area contributed by atoms with Crippen molar-refractivity contribution in [3.63, 3.8) is 0 Å². The summed E-state index contributed by atoms with van der Waals surface area (Å²) >= 11 is 4.18. The number of amides is 1. The third kappa shape index (κ3) is 4.45. The Morgan fingerprint density at radius 2 is 2.20 bits per heavy atom. The van der Waals surface area contributed by atoms with Crippen molar-refractivity contribution in [3.8, 4) is 0 Å². The van der Waals surface area contributed by atoms with Gasteiger partial charge in [0.05, 0.1) is 0 Å². The first-order valence-electron chi connectivity index (χ1n) is 6.16. The van der Waals surface area contributed by atoms with Crippen molar-refractivity contribution in [1.82, 2.24) is 4.90 Å². The van der Waals surface area contributed by atoms with Crippen LogP contribution in [0.4, 0.5) is 0 Å². The smallest absolute Gasteiger partial charge is 0.222 e. The lowest BCUT2D eigenvalue weighted by Crippen LogP contribution is -2.26. The normalized spacial score (nSPS) is 21.3. The minimum atomic E-state index is 0.374. The molecule has 0 aromatic heterocycles. The van der Waals surface area contributed by atoms with Crippen LogP contribution >= 0.6 is 12.6 Å². The Kier molecular flexibility index (Phi) is 6.15. The monoisotopic (exact) mass is 229 g/mol. The third-order valence-electron chi connectivity index (χ3n) is 3.08. The zero-order chi connectivity index (χ0) is 11.1. The first kappa shape index (κ1) is 12.9. The van der Waals surface area contributed by atoms with E-state index in [1.54, 1.807) is 0 Å². The molecule has 1 rings (SSSR count). The van der Waals surface area contributed by atoms with Crippen molar-refractivity contribution in [3.05, 3.63) is 0 Å². The van der Waals surface area contributed by atoms with E-state index >= 15 is 0 Å². The predicted molar refractivity (Wildman–Crippen MR) is 67.3 cm³/mol. The molecule has 0 spiro atoms. The summed E-state index contributed by atoms with van der Waals surface area (Å²) < 4.78 is 0. The van der Waals surface area contributed by atoms with Crippen LogP contribution in [0.1, 0.15) is 45.4 Å². The zero-order valence-electron chi connectivity index (χ0n) is 9.74. The molecule has 0 N–H and O–H groups in total. The van der Waals surface area contributed by atoms with Gasteiger partial charge in [-0.2, -0.15) is 12.6 Å². The predicted octanol–water partition coefficient (Wildman–Crippen LogP) is 2.74. The molecule has 88 valence electrons. The van der Waals surface area contributed by atoms with Gasteiger partial charge in [0.15, 0.2) is 0 Å². The van der Waals surface area contributed by atoms with E-state index in [-0.39, 0.29) is 0 Å². The van der Waals surface area contributed by atoms with Crippen LogP contribution in [0.25, 0.3) is 0 Å². The minimum Gasteiger partial charge on any atom is -0.342 e. The Morgan fingerprint density at radius 1 is 1.40 bits per heavy atom. The van der Waals surface area contributed by atoms with E-state index in [1.807, 2.05) is 0 Å².